The molecule has 2 rings (SSSR count). The fourth-order valence-electron chi connectivity index (χ4n) is 2.58. The van der Waals surface area contributed by atoms with E-state index >= 15 is 0 Å². The Labute approximate surface area is 132 Å². The highest BCUT2D eigenvalue weighted by Gasteiger charge is 2.15. The third-order valence-electron chi connectivity index (χ3n) is 3.88. The summed E-state index contributed by atoms with van der Waals surface area (Å²) in [6, 6.07) is 8.74. The molecule has 0 N–H and O–H groups in total. The summed E-state index contributed by atoms with van der Waals surface area (Å²) in [6.45, 7) is 4.59. The van der Waals surface area contributed by atoms with Crippen molar-refractivity contribution in [1.82, 2.24) is 4.98 Å². The van der Waals surface area contributed by atoms with Gasteiger partial charge in [0.25, 0.3) is 0 Å². The molecule has 0 amide bonds. The second-order valence-corrected chi connectivity index (χ2v) is 5.32. The first-order chi connectivity index (χ1) is 9.20. The smallest absolute Gasteiger partial charge is 0.168 e. The van der Waals surface area contributed by atoms with Gasteiger partial charge in [-0.1, -0.05) is 13.8 Å². The van der Waals surface area contributed by atoms with Crippen molar-refractivity contribution in [2.75, 3.05) is 0 Å². The molecule has 2 heterocycles. The fraction of sp³-hybridized carbons (Fsp3) is 0.412. The summed E-state index contributed by atoms with van der Waals surface area (Å²) in [5.74, 6) is 1.20. The van der Waals surface area contributed by atoms with Gasteiger partial charge in [-0.15, -0.1) is 0 Å². The van der Waals surface area contributed by atoms with Gasteiger partial charge < -0.3 is 17.0 Å². The second kappa shape index (κ2) is 8.15. The zero-order valence-corrected chi connectivity index (χ0v) is 14.0. The number of aromatic nitrogens is 2. The highest BCUT2D eigenvalue weighted by molar-refractivity contribution is 5.19. The van der Waals surface area contributed by atoms with Gasteiger partial charge in [0.15, 0.2) is 12.4 Å². The van der Waals surface area contributed by atoms with E-state index in [1.54, 1.807) is 0 Å². The van der Waals surface area contributed by atoms with Crippen molar-refractivity contribution in [1.29, 1.82) is 0 Å². The molecule has 2 unspecified atom stereocenters. The minimum atomic E-state index is 0. The largest absolute Gasteiger partial charge is 1.00 e. The minimum absolute atomic E-state index is 0. The van der Waals surface area contributed by atoms with Crippen LogP contribution in [-0.4, -0.2) is 4.98 Å². The van der Waals surface area contributed by atoms with Crippen LogP contribution in [-0.2, 0) is 7.05 Å². The van der Waals surface area contributed by atoms with Crippen LogP contribution in [0, 0.1) is 0 Å². The molecule has 0 bridgehead atoms. The summed E-state index contributed by atoms with van der Waals surface area (Å²) in [5, 5.41) is 0. The molecule has 3 heteroatoms. The molecule has 2 nitrogen and oxygen atoms in total. The number of halogens is 1. The second-order valence-electron chi connectivity index (χ2n) is 5.32. The number of rotatable bonds is 5. The highest BCUT2D eigenvalue weighted by atomic mass is 79.9. The monoisotopic (exact) mass is 334 g/mol. The molecule has 0 saturated carbocycles. The van der Waals surface area contributed by atoms with Crippen molar-refractivity contribution in [3.63, 3.8) is 0 Å². The topological polar surface area (TPSA) is 16.8 Å². The maximum atomic E-state index is 4.11. The van der Waals surface area contributed by atoms with Crippen LogP contribution in [0.25, 0.3) is 0 Å². The Hall–Kier alpha value is -1.22. The summed E-state index contributed by atoms with van der Waals surface area (Å²) in [4.78, 5) is 4.11. The number of hydrogen-bond acceptors (Lipinski definition) is 1. The Bertz CT molecular complexity index is 496. The lowest BCUT2D eigenvalue weighted by Crippen LogP contribution is -3.00. The van der Waals surface area contributed by atoms with Crippen molar-refractivity contribution in [2.45, 2.75) is 38.5 Å². The van der Waals surface area contributed by atoms with E-state index in [2.05, 4.69) is 67.1 Å². The summed E-state index contributed by atoms with van der Waals surface area (Å²) in [5.41, 5.74) is 2.83. The Morgan fingerprint density at radius 2 is 1.65 bits per heavy atom. The van der Waals surface area contributed by atoms with E-state index in [-0.39, 0.29) is 17.0 Å². The summed E-state index contributed by atoms with van der Waals surface area (Å²) in [6.07, 6.45) is 10.4. The van der Waals surface area contributed by atoms with Gasteiger partial charge in [-0.2, -0.15) is 0 Å². The van der Waals surface area contributed by atoms with E-state index in [1.807, 2.05) is 12.4 Å². The van der Waals surface area contributed by atoms with E-state index in [0.717, 1.165) is 0 Å². The SMILES string of the molecule is CCC(CC(C)c1cc[n+](C)cc1)c1ccncc1.[Br-]. The number of hydrogen-bond donors (Lipinski definition) is 0. The fourth-order valence-corrected chi connectivity index (χ4v) is 2.58. The van der Waals surface area contributed by atoms with Crippen LogP contribution in [0.15, 0.2) is 49.1 Å². The van der Waals surface area contributed by atoms with Crippen LogP contribution in [0.5, 0.6) is 0 Å². The predicted molar refractivity (Wildman–Crippen MR) is 77.9 cm³/mol. The zero-order valence-electron chi connectivity index (χ0n) is 12.5. The quantitative estimate of drug-likeness (QED) is 0.731. The first kappa shape index (κ1) is 16.8. The first-order valence-corrected chi connectivity index (χ1v) is 7.05. The van der Waals surface area contributed by atoms with Crippen LogP contribution in [0.3, 0.4) is 0 Å². The van der Waals surface area contributed by atoms with Gasteiger partial charge in [-0.05, 0) is 47.9 Å². The predicted octanol–water partition coefficient (Wildman–Crippen LogP) is 0.597. The van der Waals surface area contributed by atoms with Gasteiger partial charge in [0.1, 0.15) is 7.05 Å². The zero-order chi connectivity index (χ0) is 13.7. The van der Waals surface area contributed by atoms with Crippen molar-refractivity contribution >= 4 is 0 Å². The highest BCUT2D eigenvalue weighted by Crippen LogP contribution is 2.31. The summed E-state index contributed by atoms with van der Waals surface area (Å²) < 4.78 is 2.08. The van der Waals surface area contributed by atoms with Crippen molar-refractivity contribution in [3.05, 3.63) is 60.2 Å². The molecule has 0 aliphatic carbocycles. The molecule has 0 radical (unpaired) electrons. The normalized spacial score (nSPS) is 13.3. The van der Waals surface area contributed by atoms with E-state index in [0.29, 0.717) is 11.8 Å². The Balaban J connectivity index is 0.00000200. The van der Waals surface area contributed by atoms with Crippen LogP contribution >= 0.6 is 0 Å². The molecule has 0 saturated heterocycles. The Kier molecular flexibility index (Phi) is 6.86. The molecule has 0 aliphatic rings. The molecular weight excluding hydrogens is 312 g/mol. The lowest BCUT2D eigenvalue weighted by molar-refractivity contribution is -0.671. The average Bonchev–Trinajstić information content (AvgIpc) is 2.46. The summed E-state index contributed by atoms with van der Waals surface area (Å²) in [7, 11) is 2.06. The first-order valence-electron chi connectivity index (χ1n) is 7.05. The van der Waals surface area contributed by atoms with Gasteiger partial charge in [-0.25, -0.2) is 4.57 Å². The average molecular weight is 335 g/mol. The van der Waals surface area contributed by atoms with Crippen LogP contribution in [0.2, 0.25) is 0 Å². The van der Waals surface area contributed by atoms with Crippen LogP contribution in [0.1, 0.15) is 49.7 Å². The summed E-state index contributed by atoms with van der Waals surface area (Å²) >= 11 is 0. The van der Waals surface area contributed by atoms with Gasteiger partial charge in [0.05, 0.1) is 0 Å². The molecule has 2 aromatic rings. The molecule has 20 heavy (non-hydrogen) atoms. The van der Waals surface area contributed by atoms with Crippen molar-refractivity contribution in [2.24, 2.45) is 7.05 Å². The van der Waals surface area contributed by atoms with E-state index in [9.17, 15) is 0 Å². The van der Waals surface area contributed by atoms with Gasteiger partial charge in [0.2, 0.25) is 0 Å². The van der Waals surface area contributed by atoms with Gasteiger partial charge in [-0.3, -0.25) is 4.98 Å². The maximum Gasteiger partial charge on any atom is 0.168 e. The molecule has 0 aromatic carbocycles. The minimum Gasteiger partial charge on any atom is -1.00 e. The van der Waals surface area contributed by atoms with Crippen molar-refractivity contribution < 1.29 is 21.5 Å². The van der Waals surface area contributed by atoms with E-state index in [4.69, 9.17) is 0 Å². The van der Waals surface area contributed by atoms with E-state index < -0.39 is 0 Å². The Morgan fingerprint density at radius 1 is 1.05 bits per heavy atom. The molecule has 108 valence electrons. The number of nitrogens with zero attached hydrogens (tertiary/aromatic N) is 2. The molecular formula is C17H23BrN2. The molecule has 0 spiro atoms. The lowest BCUT2D eigenvalue weighted by atomic mass is 9.85. The maximum absolute atomic E-state index is 4.11. The van der Waals surface area contributed by atoms with Crippen LogP contribution < -0.4 is 21.5 Å². The van der Waals surface area contributed by atoms with Crippen LogP contribution in [0.4, 0.5) is 0 Å². The van der Waals surface area contributed by atoms with E-state index in [1.165, 1.54) is 24.0 Å². The molecule has 2 aromatic heterocycles. The van der Waals surface area contributed by atoms with Gasteiger partial charge in [0, 0.05) is 24.5 Å². The third kappa shape index (κ3) is 4.41. The molecule has 2 atom stereocenters. The van der Waals surface area contributed by atoms with Crippen molar-refractivity contribution in [3.8, 4) is 0 Å². The standard InChI is InChI=1S/C17H23N2.BrH/c1-4-15(17-5-9-18-10-6-17)13-14(2)16-7-11-19(3)12-8-16;/h5-12,14-15H,4,13H2,1-3H3;1H/q+1;/p-1. The number of pyridine rings is 2. The third-order valence-corrected chi connectivity index (χ3v) is 3.88. The number of aryl methyl sites for hydroxylation is 1. The lowest BCUT2D eigenvalue weighted by Gasteiger charge is -2.20. The molecule has 0 fully saturated rings. The Morgan fingerprint density at radius 3 is 2.20 bits per heavy atom. The van der Waals surface area contributed by atoms with Gasteiger partial charge >= 0.3 is 0 Å². The molecule has 0 aliphatic heterocycles.